The molecule has 0 bridgehead atoms. The molecule has 0 aromatic heterocycles. The Hall–Kier alpha value is -1.55. The molecule has 1 amide bonds. The Balaban J connectivity index is 1.60. The molecule has 0 aliphatic carbocycles. The molecule has 1 heterocycles. The first-order valence-corrected chi connectivity index (χ1v) is 9.38. The van der Waals surface area contributed by atoms with Crippen molar-refractivity contribution in [2.45, 2.75) is 46.0 Å². The van der Waals surface area contributed by atoms with Crippen LogP contribution in [-0.4, -0.2) is 43.6 Å². The molecule has 1 aromatic rings. The van der Waals surface area contributed by atoms with Gasteiger partial charge in [0.1, 0.15) is 5.75 Å². The van der Waals surface area contributed by atoms with E-state index in [1.165, 1.54) is 25.9 Å². The number of nitrogens with zero attached hydrogens (tertiary/aromatic N) is 1. The number of benzene rings is 1. The highest BCUT2D eigenvalue weighted by Gasteiger charge is 2.14. The molecular formula is C20H32N2O2. The fraction of sp³-hybridized carbons (Fsp3) is 0.650. The lowest BCUT2D eigenvalue weighted by atomic mass is 9.99. The second-order valence-corrected chi connectivity index (χ2v) is 6.77. The van der Waals surface area contributed by atoms with Crippen LogP contribution < -0.4 is 10.1 Å². The highest BCUT2D eigenvalue weighted by atomic mass is 16.5. The van der Waals surface area contributed by atoms with E-state index in [1.54, 1.807) is 0 Å². The summed E-state index contributed by atoms with van der Waals surface area (Å²) in [6.45, 7) is 9.26. The number of aryl methyl sites for hydroxylation is 1. The summed E-state index contributed by atoms with van der Waals surface area (Å²) in [5.41, 5.74) is 1.11. The third-order valence-corrected chi connectivity index (χ3v) is 4.74. The molecule has 1 aliphatic heterocycles. The predicted octanol–water partition coefficient (Wildman–Crippen LogP) is 3.26. The lowest BCUT2D eigenvalue weighted by Gasteiger charge is -2.30. The van der Waals surface area contributed by atoms with Gasteiger partial charge in [-0.05, 0) is 69.8 Å². The predicted molar refractivity (Wildman–Crippen MR) is 98.4 cm³/mol. The minimum Gasteiger partial charge on any atom is -0.494 e. The zero-order chi connectivity index (χ0) is 17.2. The zero-order valence-electron chi connectivity index (χ0n) is 15.2. The molecule has 4 nitrogen and oxygen atoms in total. The van der Waals surface area contributed by atoms with Crippen LogP contribution >= 0.6 is 0 Å². The number of nitrogens with one attached hydrogen (secondary N) is 1. The molecule has 1 N–H and O–H groups in total. The van der Waals surface area contributed by atoms with Gasteiger partial charge in [-0.2, -0.15) is 0 Å². The van der Waals surface area contributed by atoms with Gasteiger partial charge in [0.15, 0.2) is 0 Å². The summed E-state index contributed by atoms with van der Waals surface area (Å²) in [7, 11) is 0. The number of carbonyl (C=O) groups excluding carboxylic acids is 1. The minimum atomic E-state index is 0.133. The Kier molecular flexibility index (Phi) is 8.10. The van der Waals surface area contributed by atoms with E-state index in [0.717, 1.165) is 43.2 Å². The SMILES string of the molecule is CCOc1ccccc1CCC(=O)NCCCN1CCC(C)CC1. The first kappa shape index (κ1) is 18.8. The van der Waals surface area contributed by atoms with E-state index in [4.69, 9.17) is 4.74 Å². The van der Waals surface area contributed by atoms with E-state index < -0.39 is 0 Å². The van der Waals surface area contributed by atoms with Crippen LogP contribution in [0.15, 0.2) is 24.3 Å². The van der Waals surface area contributed by atoms with Crippen LogP contribution in [0.25, 0.3) is 0 Å². The molecule has 4 heteroatoms. The summed E-state index contributed by atoms with van der Waals surface area (Å²) in [6.07, 6.45) is 4.91. The summed E-state index contributed by atoms with van der Waals surface area (Å²) < 4.78 is 5.61. The maximum Gasteiger partial charge on any atom is 0.220 e. The quantitative estimate of drug-likeness (QED) is 0.706. The highest BCUT2D eigenvalue weighted by molar-refractivity contribution is 5.76. The molecule has 0 spiro atoms. The van der Waals surface area contributed by atoms with E-state index in [0.29, 0.717) is 13.0 Å². The van der Waals surface area contributed by atoms with Gasteiger partial charge >= 0.3 is 0 Å². The van der Waals surface area contributed by atoms with Gasteiger partial charge in [-0.25, -0.2) is 0 Å². The Morgan fingerprint density at radius 1 is 1.29 bits per heavy atom. The third-order valence-electron chi connectivity index (χ3n) is 4.74. The molecule has 0 radical (unpaired) electrons. The zero-order valence-corrected chi connectivity index (χ0v) is 15.2. The molecular weight excluding hydrogens is 300 g/mol. The Morgan fingerprint density at radius 2 is 2.04 bits per heavy atom. The molecule has 1 fully saturated rings. The van der Waals surface area contributed by atoms with Gasteiger partial charge in [0.05, 0.1) is 6.61 Å². The number of hydrogen-bond acceptors (Lipinski definition) is 3. The first-order chi connectivity index (χ1) is 11.7. The second kappa shape index (κ2) is 10.3. The molecule has 134 valence electrons. The monoisotopic (exact) mass is 332 g/mol. The fourth-order valence-electron chi connectivity index (χ4n) is 3.16. The van der Waals surface area contributed by atoms with Gasteiger partial charge in [0.2, 0.25) is 5.91 Å². The van der Waals surface area contributed by atoms with Gasteiger partial charge in [-0.1, -0.05) is 25.1 Å². The van der Waals surface area contributed by atoms with Crippen molar-refractivity contribution >= 4 is 5.91 Å². The van der Waals surface area contributed by atoms with Crippen LogP contribution in [0.2, 0.25) is 0 Å². The molecule has 1 saturated heterocycles. The Morgan fingerprint density at radius 3 is 2.79 bits per heavy atom. The van der Waals surface area contributed by atoms with Crippen molar-refractivity contribution in [3.63, 3.8) is 0 Å². The number of para-hydroxylation sites is 1. The molecule has 1 aromatic carbocycles. The summed E-state index contributed by atoms with van der Waals surface area (Å²) in [5, 5.41) is 3.05. The van der Waals surface area contributed by atoms with E-state index in [1.807, 2.05) is 31.2 Å². The van der Waals surface area contributed by atoms with Crippen molar-refractivity contribution in [1.82, 2.24) is 10.2 Å². The standard InChI is InChI=1S/C20H32N2O2/c1-3-24-19-8-5-4-7-18(19)9-10-20(23)21-13-6-14-22-15-11-17(2)12-16-22/h4-5,7-8,17H,3,6,9-16H2,1-2H3,(H,21,23). The summed E-state index contributed by atoms with van der Waals surface area (Å²) in [5.74, 6) is 1.90. The van der Waals surface area contributed by atoms with Gasteiger partial charge in [-0.15, -0.1) is 0 Å². The van der Waals surface area contributed by atoms with Crippen molar-refractivity contribution in [2.24, 2.45) is 5.92 Å². The van der Waals surface area contributed by atoms with E-state index in [9.17, 15) is 4.79 Å². The van der Waals surface area contributed by atoms with Crippen LogP contribution in [0, 0.1) is 5.92 Å². The van der Waals surface area contributed by atoms with Crippen LogP contribution in [0.5, 0.6) is 5.75 Å². The first-order valence-electron chi connectivity index (χ1n) is 9.38. The number of rotatable bonds is 9. The fourth-order valence-corrected chi connectivity index (χ4v) is 3.16. The van der Waals surface area contributed by atoms with Gasteiger partial charge < -0.3 is 15.0 Å². The van der Waals surface area contributed by atoms with Crippen molar-refractivity contribution in [3.05, 3.63) is 29.8 Å². The van der Waals surface area contributed by atoms with Gasteiger partial charge in [0.25, 0.3) is 0 Å². The average molecular weight is 332 g/mol. The topological polar surface area (TPSA) is 41.6 Å². The number of amides is 1. The summed E-state index contributed by atoms with van der Waals surface area (Å²) in [6, 6.07) is 7.97. The molecule has 0 unspecified atom stereocenters. The van der Waals surface area contributed by atoms with E-state index >= 15 is 0 Å². The number of carbonyl (C=O) groups is 1. The van der Waals surface area contributed by atoms with Crippen LogP contribution in [0.1, 0.15) is 45.1 Å². The lowest BCUT2D eigenvalue weighted by molar-refractivity contribution is -0.121. The second-order valence-electron chi connectivity index (χ2n) is 6.77. The molecule has 1 aliphatic rings. The van der Waals surface area contributed by atoms with Gasteiger partial charge in [0, 0.05) is 13.0 Å². The molecule has 24 heavy (non-hydrogen) atoms. The maximum atomic E-state index is 12.0. The summed E-state index contributed by atoms with van der Waals surface area (Å²) >= 11 is 0. The number of piperidine rings is 1. The molecule has 0 saturated carbocycles. The summed E-state index contributed by atoms with van der Waals surface area (Å²) in [4.78, 5) is 14.5. The average Bonchev–Trinajstić information content (AvgIpc) is 2.60. The van der Waals surface area contributed by atoms with Crippen molar-refractivity contribution in [1.29, 1.82) is 0 Å². The van der Waals surface area contributed by atoms with Crippen LogP contribution in [0.3, 0.4) is 0 Å². The van der Waals surface area contributed by atoms with Crippen molar-refractivity contribution < 1.29 is 9.53 Å². The van der Waals surface area contributed by atoms with Crippen LogP contribution in [0.4, 0.5) is 0 Å². The van der Waals surface area contributed by atoms with Gasteiger partial charge in [-0.3, -0.25) is 4.79 Å². The number of hydrogen-bond donors (Lipinski definition) is 1. The third kappa shape index (κ3) is 6.52. The Labute approximate surface area is 146 Å². The molecule has 0 atom stereocenters. The largest absolute Gasteiger partial charge is 0.494 e. The molecule has 2 rings (SSSR count). The van der Waals surface area contributed by atoms with Crippen LogP contribution in [-0.2, 0) is 11.2 Å². The highest BCUT2D eigenvalue weighted by Crippen LogP contribution is 2.19. The number of ether oxygens (including phenoxy) is 1. The number of likely N-dealkylation sites (tertiary alicyclic amines) is 1. The van der Waals surface area contributed by atoms with E-state index in [2.05, 4.69) is 17.1 Å². The normalized spacial score (nSPS) is 16.1. The van der Waals surface area contributed by atoms with Crippen molar-refractivity contribution in [2.75, 3.05) is 32.8 Å². The smallest absolute Gasteiger partial charge is 0.220 e. The lowest BCUT2D eigenvalue weighted by Crippen LogP contribution is -2.35. The maximum absolute atomic E-state index is 12.0. The van der Waals surface area contributed by atoms with Crippen molar-refractivity contribution in [3.8, 4) is 5.75 Å². The van der Waals surface area contributed by atoms with E-state index in [-0.39, 0.29) is 5.91 Å². The minimum absolute atomic E-state index is 0.133. The Bertz CT molecular complexity index is 496.